The van der Waals surface area contributed by atoms with E-state index in [0.717, 1.165) is 37.6 Å². The van der Waals surface area contributed by atoms with Gasteiger partial charge in [-0.05, 0) is 47.9 Å². The van der Waals surface area contributed by atoms with Gasteiger partial charge in [-0.15, -0.1) is 11.3 Å². The molecule has 7 heteroatoms. The molecule has 164 valence electrons. The summed E-state index contributed by atoms with van der Waals surface area (Å²) in [6, 6.07) is 20.8. The second-order valence-corrected chi connectivity index (χ2v) is 8.42. The Morgan fingerprint density at radius 1 is 0.906 bits per heavy atom. The van der Waals surface area contributed by atoms with Crippen molar-refractivity contribution in [2.24, 2.45) is 0 Å². The maximum absolute atomic E-state index is 12.2. The van der Waals surface area contributed by atoms with E-state index in [0.29, 0.717) is 0 Å². The van der Waals surface area contributed by atoms with Crippen LogP contribution in [0.1, 0.15) is 24.0 Å². The van der Waals surface area contributed by atoms with Crippen molar-refractivity contribution in [3.8, 4) is 16.3 Å². The van der Waals surface area contributed by atoms with Crippen molar-refractivity contribution in [2.75, 3.05) is 11.9 Å². The number of aromatic hydroxyl groups is 1. The van der Waals surface area contributed by atoms with Gasteiger partial charge in [-0.3, -0.25) is 0 Å². The highest BCUT2D eigenvalue weighted by Gasteiger charge is 2.25. The van der Waals surface area contributed by atoms with Crippen LogP contribution in [0.3, 0.4) is 0 Å². The Hall–Kier alpha value is -3.32. The number of nitrogens with zero attached hydrogens (tertiary/aromatic N) is 1. The van der Waals surface area contributed by atoms with E-state index in [1.54, 1.807) is 12.1 Å². The molecule has 0 atom stereocenters. The molecule has 0 saturated heterocycles. The summed E-state index contributed by atoms with van der Waals surface area (Å²) in [6.45, 7) is 0.289. The summed E-state index contributed by atoms with van der Waals surface area (Å²) in [5, 5.41) is 13.5. The Balaban J connectivity index is 1.35. The molecule has 0 unspecified atom stereocenters. The lowest BCUT2D eigenvalue weighted by atomic mass is 10.1. The largest absolute Gasteiger partial charge is 0.508 e. The molecule has 4 aromatic rings. The van der Waals surface area contributed by atoms with E-state index >= 15 is 0 Å². The number of rotatable bonds is 7. The van der Waals surface area contributed by atoms with Crippen LogP contribution in [0.4, 0.5) is 18.9 Å². The predicted octanol–water partition coefficient (Wildman–Crippen LogP) is 7.59. The van der Waals surface area contributed by atoms with Crippen LogP contribution >= 0.6 is 11.3 Å². The lowest BCUT2D eigenvalue weighted by Crippen LogP contribution is -2.10. The topological polar surface area (TPSA) is 45.2 Å². The minimum Gasteiger partial charge on any atom is -0.508 e. The first-order valence-electron chi connectivity index (χ1n) is 10.1. The first-order valence-corrected chi connectivity index (χ1v) is 11.0. The molecular weight excluding hydrogens is 433 g/mol. The number of hydrogen-bond acceptors (Lipinski definition) is 4. The molecule has 0 fully saturated rings. The Bertz CT molecular complexity index is 1210. The zero-order chi connectivity index (χ0) is 22.6. The number of phenolic OH excluding ortho intramolecular Hbond substituents is 1. The fourth-order valence-electron chi connectivity index (χ4n) is 3.20. The molecule has 0 bridgehead atoms. The van der Waals surface area contributed by atoms with Gasteiger partial charge in [0.2, 0.25) is 0 Å². The van der Waals surface area contributed by atoms with Gasteiger partial charge in [-0.1, -0.05) is 48.6 Å². The summed E-state index contributed by atoms with van der Waals surface area (Å²) in [6.07, 6.45) is -0.829. The predicted molar refractivity (Wildman–Crippen MR) is 126 cm³/mol. The van der Waals surface area contributed by atoms with E-state index in [1.165, 1.54) is 11.3 Å². The van der Waals surface area contributed by atoms with Crippen molar-refractivity contribution in [3.63, 3.8) is 0 Å². The maximum Gasteiger partial charge on any atom is 0.389 e. The molecule has 0 aliphatic carbocycles. The second kappa shape index (κ2) is 9.44. The highest BCUT2D eigenvalue weighted by atomic mass is 32.1. The van der Waals surface area contributed by atoms with Gasteiger partial charge in [0.25, 0.3) is 0 Å². The highest BCUT2D eigenvalue weighted by molar-refractivity contribution is 7.21. The molecule has 32 heavy (non-hydrogen) atoms. The Morgan fingerprint density at radius 2 is 1.56 bits per heavy atom. The summed E-state index contributed by atoms with van der Waals surface area (Å²) in [5.41, 5.74) is 4.73. The van der Waals surface area contributed by atoms with Crippen LogP contribution in [0.2, 0.25) is 0 Å². The molecule has 0 spiro atoms. The van der Waals surface area contributed by atoms with Gasteiger partial charge in [-0.25, -0.2) is 4.98 Å². The fraction of sp³-hybridized carbons (Fsp3) is 0.160. The van der Waals surface area contributed by atoms with Gasteiger partial charge in [0.05, 0.1) is 10.2 Å². The van der Waals surface area contributed by atoms with E-state index in [1.807, 2.05) is 66.7 Å². The minimum absolute atomic E-state index is 0.0562. The van der Waals surface area contributed by atoms with Crippen molar-refractivity contribution in [1.29, 1.82) is 0 Å². The van der Waals surface area contributed by atoms with Crippen LogP contribution in [0.15, 0.2) is 66.7 Å². The standard InChI is InChI=1S/C25H21F3N2OS/c26-25(27,28)14-1-15-29-20-10-6-18(7-11-20)3-2-17-4-8-19(9-5-17)24-30-22-13-12-21(31)16-23(22)32-24/h2-13,16,29,31H,1,14-15H2. The average Bonchev–Trinajstić information content (AvgIpc) is 3.19. The Kier molecular flexibility index (Phi) is 6.46. The lowest BCUT2D eigenvalue weighted by Gasteiger charge is -2.08. The smallest absolute Gasteiger partial charge is 0.389 e. The van der Waals surface area contributed by atoms with E-state index in [4.69, 9.17) is 0 Å². The minimum atomic E-state index is -4.10. The molecule has 0 amide bonds. The van der Waals surface area contributed by atoms with Gasteiger partial charge in [0.1, 0.15) is 10.8 Å². The van der Waals surface area contributed by atoms with Crippen LogP contribution in [0, 0.1) is 0 Å². The number of fused-ring (bicyclic) bond motifs is 1. The highest BCUT2D eigenvalue weighted by Crippen LogP contribution is 2.32. The number of halogens is 3. The summed E-state index contributed by atoms with van der Waals surface area (Å²) in [7, 11) is 0. The van der Waals surface area contributed by atoms with E-state index in [9.17, 15) is 18.3 Å². The quantitative estimate of drug-likeness (QED) is 0.223. The van der Waals surface area contributed by atoms with E-state index in [2.05, 4.69) is 10.3 Å². The number of phenols is 1. The average molecular weight is 455 g/mol. The zero-order valence-electron chi connectivity index (χ0n) is 17.1. The molecule has 4 rings (SSSR count). The van der Waals surface area contributed by atoms with Gasteiger partial charge in [0.15, 0.2) is 0 Å². The van der Waals surface area contributed by atoms with Crippen molar-refractivity contribution in [2.45, 2.75) is 19.0 Å². The van der Waals surface area contributed by atoms with Crippen LogP contribution in [-0.2, 0) is 0 Å². The molecule has 3 aromatic carbocycles. The number of benzene rings is 3. The van der Waals surface area contributed by atoms with Gasteiger partial charge >= 0.3 is 6.18 Å². The molecular formula is C25H21F3N2OS. The molecule has 1 aromatic heterocycles. The van der Waals surface area contributed by atoms with Crippen LogP contribution in [0.25, 0.3) is 32.9 Å². The molecule has 2 N–H and O–H groups in total. The molecule has 1 heterocycles. The third-order valence-electron chi connectivity index (χ3n) is 4.87. The summed E-state index contributed by atoms with van der Waals surface area (Å²) < 4.78 is 37.5. The molecule has 0 aliphatic rings. The number of nitrogens with one attached hydrogen (secondary N) is 1. The van der Waals surface area contributed by atoms with Crippen LogP contribution < -0.4 is 5.32 Å². The lowest BCUT2D eigenvalue weighted by molar-refractivity contribution is -0.134. The summed E-state index contributed by atoms with van der Waals surface area (Å²) >= 11 is 1.54. The second-order valence-electron chi connectivity index (χ2n) is 7.39. The van der Waals surface area contributed by atoms with Crippen molar-refractivity contribution >= 4 is 39.4 Å². The van der Waals surface area contributed by atoms with E-state index < -0.39 is 12.6 Å². The van der Waals surface area contributed by atoms with Gasteiger partial charge in [0, 0.05) is 24.2 Å². The number of thiazole rings is 1. The number of hydrogen-bond donors (Lipinski definition) is 2. The van der Waals surface area contributed by atoms with Gasteiger partial charge in [-0.2, -0.15) is 13.2 Å². The number of aromatic nitrogens is 1. The Morgan fingerprint density at radius 3 is 2.22 bits per heavy atom. The van der Waals surface area contributed by atoms with Gasteiger partial charge < -0.3 is 10.4 Å². The number of anilines is 1. The monoisotopic (exact) mass is 454 g/mol. The Labute approximate surface area is 187 Å². The maximum atomic E-state index is 12.2. The third kappa shape index (κ3) is 5.88. The molecule has 0 radical (unpaired) electrons. The fourth-order valence-corrected chi connectivity index (χ4v) is 4.20. The van der Waals surface area contributed by atoms with Crippen molar-refractivity contribution < 1.29 is 18.3 Å². The SMILES string of the molecule is Oc1ccc2nc(-c3ccc(C=Cc4ccc(NCCCC(F)(F)F)cc4)cc3)sc2c1. The zero-order valence-corrected chi connectivity index (χ0v) is 17.9. The molecule has 0 saturated carbocycles. The molecule has 0 aliphatic heterocycles. The third-order valence-corrected chi connectivity index (χ3v) is 5.94. The summed E-state index contributed by atoms with van der Waals surface area (Å²) in [5.74, 6) is 0.235. The first-order chi connectivity index (χ1) is 15.4. The van der Waals surface area contributed by atoms with Crippen LogP contribution in [-0.4, -0.2) is 22.8 Å². The van der Waals surface area contributed by atoms with Crippen molar-refractivity contribution in [3.05, 3.63) is 77.9 Å². The normalized spacial score (nSPS) is 12.0. The van der Waals surface area contributed by atoms with Crippen molar-refractivity contribution in [1.82, 2.24) is 4.98 Å². The summed E-state index contributed by atoms with van der Waals surface area (Å²) in [4.78, 5) is 4.62. The van der Waals surface area contributed by atoms with Crippen LogP contribution in [0.5, 0.6) is 5.75 Å². The first kappa shape index (κ1) is 21.9. The molecule has 3 nitrogen and oxygen atoms in total. The number of alkyl halides is 3. The van der Waals surface area contributed by atoms with E-state index in [-0.39, 0.29) is 18.7 Å².